The number of carbonyl (C=O) groups is 14. The summed E-state index contributed by atoms with van der Waals surface area (Å²) < 4.78 is 81.5. The van der Waals surface area contributed by atoms with E-state index in [-0.39, 0.29) is 193 Å². The number of fused-ring (bicyclic) bond motifs is 8. The molecule has 0 aromatic rings. The van der Waals surface area contributed by atoms with Crippen LogP contribution in [0.4, 0.5) is 0 Å². The topological polar surface area (TPSA) is 401 Å². The molecule has 30 nitrogen and oxygen atoms in total. The van der Waals surface area contributed by atoms with Crippen molar-refractivity contribution in [3.8, 4) is 6.07 Å². The van der Waals surface area contributed by atoms with Gasteiger partial charge in [0.2, 0.25) is 0 Å². The number of hydrogen-bond donors (Lipinski definition) is 0. The van der Waals surface area contributed by atoms with Crippen molar-refractivity contribution >= 4 is 83.6 Å². The maximum atomic E-state index is 12.4. The van der Waals surface area contributed by atoms with Gasteiger partial charge in [0.15, 0.2) is 17.6 Å². The Kier molecular flexibility index (Phi) is 25.3. The number of nitrogens with zero attached hydrogens (tertiary/aromatic N) is 1. The fraction of sp³-hybridized carbons (Fsp3) is 0.831. The summed E-state index contributed by atoms with van der Waals surface area (Å²) in [4.78, 5) is 167. The molecule has 9 saturated carbocycles. The second-order valence-corrected chi connectivity index (χ2v) is 40.3. The third-order valence-electron chi connectivity index (χ3n) is 30.9. The van der Waals surface area contributed by atoms with Gasteiger partial charge in [-0.3, -0.25) is 67.1 Å². The van der Waals surface area contributed by atoms with E-state index in [2.05, 4.69) is 6.07 Å². The van der Waals surface area contributed by atoms with Gasteiger partial charge < -0.3 is 71.1 Å². The van der Waals surface area contributed by atoms with Crippen LogP contribution in [0.15, 0.2) is 0 Å². The molecule has 10 heterocycles. The Bertz CT molecular complexity index is 3970. The van der Waals surface area contributed by atoms with Gasteiger partial charge in [-0.05, 0) is 193 Å². The minimum Gasteiger partial charge on any atom is -0.469 e. The molecule has 9 aliphatic carbocycles. The van der Waals surface area contributed by atoms with Crippen molar-refractivity contribution < 1.29 is 138 Å². The second-order valence-electron chi connectivity index (χ2n) is 40.3. The summed E-state index contributed by atoms with van der Waals surface area (Å²) in [5, 5.41) is 9.31. The number of nitriles is 1. The Hall–Kier alpha value is -7.97. The van der Waals surface area contributed by atoms with E-state index in [1.54, 1.807) is 0 Å². The van der Waals surface area contributed by atoms with Crippen LogP contribution in [0.2, 0.25) is 0 Å². The van der Waals surface area contributed by atoms with Crippen LogP contribution in [0.5, 0.6) is 0 Å². The zero-order chi connectivity index (χ0) is 87.4. The first-order chi connectivity index (χ1) is 55.7. The fourth-order valence-electron chi connectivity index (χ4n) is 20.4. The zero-order valence-electron chi connectivity index (χ0n) is 72.8. The predicted molar refractivity (Wildman–Crippen MR) is 412 cm³/mol. The lowest BCUT2D eigenvalue weighted by atomic mass is 9.74. The molecular weight excluding hydrogens is 1550 g/mol. The Morgan fingerprint density at radius 1 is 0.445 bits per heavy atom. The maximum absolute atomic E-state index is 12.4. The molecule has 0 radical (unpaired) electrons. The first-order valence-electron chi connectivity index (χ1n) is 43.5. The smallest absolute Gasteiger partial charge is 0.327 e. The molecule has 0 N–H and O–H groups in total. The molecule has 119 heavy (non-hydrogen) atoms. The highest BCUT2D eigenvalue weighted by molar-refractivity contribution is 5.88. The molecule has 14 bridgehead atoms. The number of rotatable bonds is 22. The molecule has 10 saturated heterocycles. The van der Waals surface area contributed by atoms with Gasteiger partial charge in [0, 0.05) is 53.8 Å². The largest absolute Gasteiger partial charge is 0.469 e. The van der Waals surface area contributed by atoms with Gasteiger partial charge in [-0.25, -0.2) is 0 Å². The molecule has 19 aliphatic rings. The highest BCUT2D eigenvalue weighted by Gasteiger charge is 2.74. The van der Waals surface area contributed by atoms with E-state index in [0.29, 0.717) is 57.3 Å². The van der Waals surface area contributed by atoms with E-state index in [9.17, 15) is 72.4 Å². The highest BCUT2D eigenvalue weighted by Crippen LogP contribution is 2.64. The summed E-state index contributed by atoms with van der Waals surface area (Å²) in [6, 6.07) is 2.15. The van der Waals surface area contributed by atoms with Crippen LogP contribution in [0, 0.1) is 132 Å². The molecule has 19 rings (SSSR count). The summed E-state index contributed by atoms with van der Waals surface area (Å²) in [5.41, 5.74) is -4.70. The van der Waals surface area contributed by atoms with Crippen molar-refractivity contribution in [2.75, 3.05) is 13.7 Å². The van der Waals surface area contributed by atoms with Crippen molar-refractivity contribution in [3.05, 3.63) is 0 Å². The number of ether oxygens (including phenoxy) is 15. The van der Waals surface area contributed by atoms with Crippen molar-refractivity contribution in [3.63, 3.8) is 0 Å². The van der Waals surface area contributed by atoms with Gasteiger partial charge in [-0.15, -0.1) is 0 Å². The monoisotopic (exact) mass is 1670 g/mol. The molecule has 19 fully saturated rings. The Balaban J connectivity index is 0.000000131. The van der Waals surface area contributed by atoms with Crippen LogP contribution in [0.1, 0.15) is 247 Å². The van der Waals surface area contributed by atoms with Crippen LogP contribution in [-0.2, 0) is 138 Å². The van der Waals surface area contributed by atoms with Gasteiger partial charge in [0.05, 0.1) is 93.7 Å². The molecule has 0 spiro atoms. The molecule has 29 atom stereocenters. The van der Waals surface area contributed by atoms with E-state index in [1.807, 2.05) is 132 Å². The van der Waals surface area contributed by atoms with Gasteiger partial charge in [-0.2, -0.15) is 5.26 Å². The lowest BCUT2D eigenvalue weighted by Crippen LogP contribution is -2.57. The van der Waals surface area contributed by atoms with Crippen LogP contribution in [0.3, 0.4) is 0 Å². The van der Waals surface area contributed by atoms with Gasteiger partial charge in [0.1, 0.15) is 73.2 Å². The second kappa shape index (κ2) is 33.4. The predicted octanol–water partition coefficient (Wildman–Crippen LogP) is 10.4. The van der Waals surface area contributed by atoms with Crippen molar-refractivity contribution in [2.24, 2.45) is 121 Å². The van der Waals surface area contributed by atoms with Gasteiger partial charge in [-0.1, -0.05) is 41.5 Å². The van der Waals surface area contributed by atoms with E-state index >= 15 is 0 Å². The summed E-state index contributed by atoms with van der Waals surface area (Å²) in [6.45, 7) is 35.8. The molecule has 660 valence electrons. The average molecular weight is 1670 g/mol. The molecule has 29 unspecified atom stereocenters. The fourth-order valence-corrected chi connectivity index (χ4v) is 20.4. The number of methoxy groups -OCH3 is 1. The third kappa shape index (κ3) is 16.5. The van der Waals surface area contributed by atoms with Crippen LogP contribution < -0.4 is 0 Å². The first kappa shape index (κ1) is 90.3. The lowest BCUT2D eigenvalue weighted by molar-refractivity contribution is -0.221. The van der Waals surface area contributed by atoms with E-state index in [1.165, 1.54) is 7.11 Å². The van der Waals surface area contributed by atoms with Crippen LogP contribution in [-0.4, -0.2) is 182 Å². The zero-order valence-corrected chi connectivity index (χ0v) is 72.8. The Labute approximate surface area is 696 Å². The number of hydrogen-bond acceptors (Lipinski definition) is 30. The van der Waals surface area contributed by atoms with Gasteiger partial charge in [0.25, 0.3) is 0 Å². The Morgan fingerprint density at radius 3 is 1.45 bits per heavy atom. The number of carbonyl (C=O) groups excluding carboxylic acids is 14. The Morgan fingerprint density at radius 2 is 0.916 bits per heavy atom. The normalized spacial score (nSPS) is 38.5. The van der Waals surface area contributed by atoms with Crippen LogP contribution >= 0.6 is 0 Å². The van der Waals surface area contributed by atoms with Gasteiger partial charge >= 0.3 is 83.6 Å². The van der Waals surface area contributed by atoms with E-state index in [4.69, 9.17) is 71.1 Å². The summed E-state index contributed by atoms with van der Waals surface area (Å²) in [5.74, 6) is -4.04. The molecular formula is C89H125NO29. The molecule has 0 amide bonds. The molecule has 0 aromatic carbocycles. The highest BCUT2D eigenvalue weighted by atomic mass is 16.7. The quantitative estimate of drug-likeness (QED) is 0.0718. The standard InChI is InChI=1S/C17H24O6.C16H22O6.C15H19NO4.C14H20O4.C14H22O4.C13H18O5/c1-4-17(2,3)16(20)21-6-5-12(18)22-13-9-7-10-11(8-9)15(19)23-14(10)13;1-5-16(2,3)15(19)22-12-7-6-8-10(9(7)13(17)20-4)14(18)21-11(8)12;1-4-14(2,3)12(17)19-10-8-5-9-11(10)20-13(18)15(9,6-8)7-16;1-4-14(2,3)13(16)18-11-8-5-7-6-9(8)12(15)17-10(7)11;1-5-13(2,3)12(16)17-10-8-9-6-7-14(10,4)18-11(9)15;1-4-13(2,3)12(15)18-9-7-5-6-8(16-7)10(9)17-11(6)14/h9-11,13-14H,4-8H2,1-3H3;7-12H,5-6H2,1-4H3;8-11H,4-6H2,1-3H3;7-11H,4-6H2,1-3H3;9-10H,5-8H2,1-4H3;6-10H,4-5H2,1-3H3. The van der Waals surface area contributed by atoms with Crippen molar-refractivity contribution in [1.29, 1.82) is 5.26 Å². The van der Waals surface area contributed by atoms with Crippen molar-refractivity contribution in [2.45, 2.75) is 332 Å². The SMILES string of the molecule is CCC(C)(C)C(=O)OC1C2CC3C(=O)OC1C3O2.CCC(C)(C)C(=O)OC1C2CC3C1OC(=O)C3(C#N)C2.CCC(C)(C)C(=O)OC1C2CC3C1OC(=O)C3C2C(=O)OC.CCC(C)(C)C(=O)OC1C2CC3CC2C(=O)OC31.CCC(C)(C)C(=O)OC1CC2CCC1(C)OC2=O.CCC(C)(C)C(=O)OCCC(=O)OC1C2CC3C(=O)OC1C3C2. The summed E-state index contributed by atoms with van der Waals surface area (Å²) in [6.07, 6.45) is 8.41. The average Bonchev–Trinajstić information content (AvgIpc) is 1.54. The minimum atomic E-state index is -0.974. The first-order valence-corrected chi connectivity index (χ1v) is 43.5. The lowest BCUT2D eigenvalue weighted by Gasteiger charge is -2.48. The van der Waals surface area contributed by atoms with Crippen LogP contribution in [0.25, 0.3) is 0 Å². The van der Waals surface area contributed by atoms with E-state index < -0.39 is 104 Å². The summed E-state index contributed by atoms with van der Waals surface area (Å²) in [7, 11) is 1.31. The minimum absolute atomic E-state index is 0.0113. The maximum Gasteiger partial charge on any atom is 0.327 e. The van der Waals surface area contributed by atoms with Crippen molar-refractivity contribution in [1.82, 2.24) is 0 Å². The molecule has 30 heteroatoms. The van der Waals surface area contributed by atoms with E-state index in [0.717, 1.165) is 57.8 Å². The molecule has 0 aromatic heterocycles. The molecule has 10 aliphatic heterocycles. The number of esters is 14. The summed E-state index contributed by atoms with van der Waals surface area (Å²) >= 11 is 0. The third-order valence-corrected chi connectivity index (χ3v) is 30.9.